The van der Waals surface area contributed by atoms with E-state index in [0.29, 0.717) is 24.2 Å². The Morgan fingerprint density at radius 3 is 2.95 bits per heavy atom. The minimum Gasteiger partial charge on any atom is -0.495 e. The van der Waals surface area contributed by atoms with Crippen LogP contribution >= 0.6 is 0 Å². The standard InChI is InChI=1S/C18H25NO2/c1-2-18-11-10-16-14(15(18)8-9-17(18)20)7-6-13(21-16)5-3-4-12-19/h13,15H,2-11H2,1H3. The Morgan fingerprint density at radius 1 is 1.33 bits per heavy atom. The van der Waals surface area contributed by atoms with Gasteiger partial charge in [-0.3, -0.25) is 4.79 Å². The summed E-state index contributed by atoms with van der Waals surface area (Å²) in [6.45, 7) is 2.18. The molecule has 3 atom stereocenters. The van der Waals surface area contributed by atoms with E-state index in [1.807, 2.05) is 0 Å². The maximum absolute atomic E-state index is 12.4. The van der Waals surface area contributed by atoms with Crippen molar-refractivity contribution < 1.29 is 9.53 Å². The average Bonchev–Trinajstić information content (AvgIpc) is 2.85. The molecule has 0 N–H and O–H groups in total. The summed E-state index contributed by atoms with van der Waals surface area (Å²) in [6, 6.07) is 2.21. The molecule has 21 heavy (non-hydrogen) atoms. The molecular weight excluding hydrogens is 262 g/mol. The van der Waals surface area contributed by atoms with Gasteiger partial charge < -0.3 is 4.74 Å². The fourth-order valence-electron chi connectivity index (χ4n) is 4.77. The minimum atomic E-state index is -0.0597. The maximum Gasteiger partial charge on any atom is 0.139 e. The fraction of sp³-hybridized carbons (Fsp3) is 0.778. The molecule has 0 aromatic carbocycles. The highest BCUT2D eigenvalue weighted by Crippen LogP contribution is 2.56. The second kappa shape index (κ2) is 5.83. The number of ether oxygens (including phenoxy) is 1. The van der Waals surface area contributed by atoms with E-state index in [0.717, 1.165) is 57.8 Å². The molecule has 1 fully saturated rings. The Bertz CT molecular complexity index is 502. The number of nitrogens with zero attached hydrogens (tertiary/aromatic N) is 1. The third-order valence-electron chi connectivity index (χ3n) is 5.95. The average molecular weight is 287 g/mol. The molecule has 0 bridgehead atoms. The van der Waals surface area contributed by atoms with Crippen molar-refractivity contribution in [1.82, 2.24) is 0 Å². The third kappa shape index (κ3) is 2.39. The Hall–Kier alpha value is -1.30. The van der Waals surface area contributed by atoms with Crippen molar-refractivity contribution in [3.05, 3.63) is 11.3 Å². The van der Waals surface area contributed by atoms with Crippen LogP contribution in [0.4, 0.5) is 0 Å². The summed E-state index contributed by atoms with van der Waals surface area (Å²) in [4.78, 5) is 12.4. The fourth-order valence-corrected chi connectivity index (χ4v) is 4.77. The zero-order valence-electron chi connectivity index (χ0n) is 13.0. The zero-order valence-corrected chi connectivity index (χ0v) is 13.0. The van der Waals surface area contributed by atoms with Crippen LogP contribution in [0.15, 0.2) is 11.3 Å². The monoisotopic (exact) mass is 287 g/mol. The lowest BCUT2D eigenvalue weighted by atomic mass is 9.64. The Kier molecular flexibility index (Phi) is 4.06. The summed E-state index contributed by atoms with van der Waals surface area (Å²) in [6.07, 6.45) is 9.73. The number of hydrogen-bond donors (Lipinski definition) is 0. The van der Waals surface area contributed by atoms with Crippen LogP contribution in [0.1, 0.15) is 71.1 Å². The van der Waals surface area contributed by atoms with Gasteiger partial charge in [0, 0.05) is 24.7 Å². The molecule has 1 heterocycles. The molecule has 0 aromatic rings. The van der Waals surface area contributed by atoms with E-state index in [9.17, 15) is 4.79 Å². The SMILES string of the molecule is CCC12CCC3=C(CCC(CCCC#N)O3)C1CCC2=O. The molecule has 1 aliphatic heterocycles. The Balaban J connectivity index is 1.73. The van der Waals surface area contributed by atoms with Gasteiger partial charge in [-0.25, -0.2) is 0 Å². The van der Waals surface area contributed by atoms with E-state index in [2.05, 4.69) is 13.0 Å². The van der Waals surface area contributed by atoms with Crippen molar-refractivity contribution in [3.8, 4) is 6.07 Å². The Labute approximate surface area is 127 Å². The number of Topliss-reactive ketones (excluding diaryl/α,β-unsaturated/α-hetero) is 1. The van der Waals surface area contributed by atoms with Crippen LogP contribution in [0.3, 0.4) is 0 Å². The topological polar surface area (TPSA) is 50.1 Å². The van der Waals surface area contributed by atoms with Gasteiger partial charge in [0.25, 0.3) is 0 Å². The van der Waals surface area contributed by atoms with Crippen molar-refractivity contribution >= 4 is 5.78 Å². The van der Waals surface area contributed by atoms with Gasteiger partial charge in [0.2, 0.25) is 0 Å². The molecule has 3 unspecified atom stereocenters. The van der Waals surface area contributed by atoms with E-state index in [1.54, 1.807) is 0 Å². The molecule has 3 nitrogen and oxygen atoms in total. The molecule has 2 aliphatic carbocycles. The number of rotatable bonds is 4. The van der Waals surface area contributed by atoms with E-state index < -0.39 is 0 Å². The van der Waals surface area contributed by atoms with Crippen LogP contribution in [-0.2, 0) is 9.53 Å². The van der Waals surface area contributed by atoms with Gasteiger partial charge in [-0.1, -0.05) is 6.92 Å². The van der Waals surface area contributed by atoms with E-state index in [-0.39, 0.29) is 5.41 Å². The molecule has 0 saturated heterocycles. The van der Waals surface area contributed by atoms with Gasteiger partial charge in [-0.05, 0) is 56.4 Å². The number of nitriles is 1. The van der Waals surface area contributed by atoms with Crippen molar-refractivity contribution in [2.75, 3.05) is 0 Å². The van der Waals surface area contributed by atoms with Crippen LogP contribution in [0.25, 0.3) is 0 Å². The molecule has 3 rings (SSSR count). The maximum atomic E-state index is 12.4. The minimum absolute atomic E-state index is 0.0597. The number of hydrogen-bond acceptors (Lipinski definition) is 3. The van der Waals surface area contributed by atoms with Crippen molar-refractivity contribution in [2.24, 2.45) is 11.3 Å². The van der Waals surface area contributed by atoms with Gasteiger partial charge in [0.1, 0.15) is 5.78 Å². The summed E-state index contributed by atoms with van der Waals surface area (Å²) in [5, 5.41) is 8.63. The number of ketones is 1. The van der Waals surface area contributed by atoms with Crippen molar-refractivity contribution in [3.63, 3.8) is 0 Å². The largest absolute Gasteiger partial charge is 0.495 e. The lowest BCUT2D eigenvalue weighted by Crippen LogP contribution is -2.38. The molecule has 0 amide bonds. The lowest BCUT2D eigenvalue weighted by Gasteiger charge is -2.43. The molecule has 114 valence electrons. The summed E-state index contributed by atoms with van der Waals surface area (Å²) in [5.41, 5.74) is 1.40. The summed E-state index contributed by atoms with van der Waals surface area (Å²) >= 11 is 0. The normalized spacial score (nSPS) is 35.0. The predicted molar refractivity (Wildman–Crippen MR) is 80.3 cm³/mol. The first kappa shape index (κ1) is 14.6. The van der Waals surface area contributed by atoms with Crippen molar-refractivity contribution in [1.29, 1.82) is 5.26 Å². The number of carbonyl (C=O) groups excluding carboxylic acids is 1. The molecule has 3 aliphatic rings. The molecular formula is C18H25NO2. The molecule has 0 aromatic heterocycles. The third-order valence-corrected chi connectivity index (χ3v) is 5.95. The first-order valence-corrected chi connectivity index (χ1v) is 8.50. The van der Waals surface area contributed by atoms with Gasteiger partial charge in [0.15, 0.2) is 0 Å². The number of fused-ring (bicyclic) bond motifs is 2. The second-order valence-corrected chi connectivity index (χ2v) is 6.80. The number of allylic oxidation sites excluding steroid dienone is 2. The van der Waals surface area contributed by atoms with E-state index >= 15 is 0 Å². The zero-order chi connectivity index (χ0) is 14.9. The summed E-state index contributed by atoms with van der Waals surface area (Å²) < 4.78 is 6.23. The Morgan fingerprint density at radius 2 is 2.19 bits per heavy atom. The smallest absolute Gasteiger partial charge is 0.139 e. The van der Waals surface area contributed by atoms with Crippen LogP contribution in [0, 0.1) is 22.7 Å². The van der Waals surface area contributed by atoms with Crippen LogP contribution in [0.5, 0.6) is 0 Å². The van der Waals surface area contributed by atoms with Crippen LogP contribution in [0.2, 0.25) is 0 Å². The predicted octanol–water partition coefficient (Wildman–Crippen LogP) is 4.28. The second-order valence-electron chi connectivity index (χ2n) is 6.80. The quantitative estimate of drug-likeness (QED) is 0.725. The summed E-state index contributed by atoms with van der Waals surface area (Å²) in [7, 11) is 0. The highest BCUT2D eigenvalue weighted by atomic mass is 16.5. The first-order chi connectivity index (χ1) is 10.2. The van der Waals surface area contributed by atoms with Crippen molar-refractivity contribution in [2.45, 2.75) is 77.2 Å². The highest BCUT2D eigenvalue weighted by molar-refractivity contribution is 5.88. The highest BCUT2D eigenvalue weighted by Gasteiger charge is 2.52. The number of unbranched alkanes of at least 4 members (excludes halogenated alkanes) is 1. The van der Waals surface area contributed by atoms with E-state index in [4.69, 9.17) is 10.00 Å². The first-order valence-electron chi connectivity index (χ1n) is 8.50. The molecule has 1 saturated carbocycles. The van der Waals surface area contributed by atoms with Gasteiger partial charge in [0.05, 0.1) is 17.9 Å². The molecule has 3 heteroatoms. The number of carbonyl (C=O) groups is 1. The van der Waals surface area contributed by atoms with Gasteiger partial charge in [-0.15, -0.1) is 0 Å². The van der Waals surface area contributed by atoms with Gasteiger partial charge in [-0.2, -0.15) is 5.26 Å². The summed E-state index contributed by atoms with van der Waals surface area (Å²) in [5.74, 6) is 2.16. The van der Waals surface area contributed by atoms with Gasteiger partial charge >= 0.3 is 0 Å². The molecule has 0 radical (unpaired) electrons. The molecule has 0 spiro atoms. The lowest BCUT2D eigenvalue weighted by molar-refractivity contribution is -0.128. The van der Waals surface area contributed by atoms with Crippen LogP contribution < -0.4 is 0 Å². The van der Waals surface area contributed by atoms with E-state index in [1.165, 1.54) is 11.3 Å². The van der Waals surface area contributed by atoms with Crippen LogP contribution in [-0.4, -0.2) is 11.9 Å².